The summed E-state index contributed by atoms with van der Waals surface area (Å²) in [4.78, 5) is 34.0. The van der Waals surface area contributed by atoms with E-state index in [4.69, 9.17) is 30.9 Å². The summed E-state index contributed by atoms with van der Waals surface area (Å²) in [5.74, 6) is -0.413. The van der Waals surface area contributed by atoms with E-state index < -0.39 is 25.9 Å². The minimum atomic E-state index is -4.74. The average molecular weight is 698 g/mol. The normalized spacial score (nSPS) is 11.7. The third-order valence-electron chi connectivity index (χ3n) is 6.62. The third-order valence-corrected chi connectivity index (χ3v) is 7.37. The summed E-state index contributed by atoms with van der Waals surface area (Å²) in [5.41, 5.74) is 0.545. The highest BCUT2D eigenvalue weighted by Crippen LogP contribution is 2.34. The number of ether oxygens (including phenoxy) is 1. The number of aliphatic hydroxyl groups excluding tert-OH is 1. The van der Waals surface area contributed by atoms with Gasteiger partial charge < -0.3 is 25.8 Å². The number of halogens is 4. The maximum absolute atomic E-state index is 13.9. The van der Waals surface area contributed by atoms with E-state index in [0.29, 0.717) is 41.7 Å². The van der Waals surface area contributed by atoms with Crippen molar-refractivity contribution < 1.29 is 41.8 Å². The Kier molecular flexibility index (Phi) is 12.0. The molecule has 3 aromatic heterocycles. The largest absolute Gasteiger partial charge is 0.695 e. The molecule has 0 radical (unpaired) electrons. The fourth-order valence-corrected chi connectivity index (χ4v) is 4.89. The van der Waals surface area contributed by atoms with Crippen molar-refractivity contribution in [3.8, 4) is 17.0 Å². The number of anilines is 3. The molecule has 5 N–H and O–H groups in total. The first-order valence-corrected chi connectivity index (χ1v) is 15.4. The molecule has 250 valence electrons. The van der Waals surface area contributed by atoms with Crippen molar-refractivity contribution in [1.82, 2.24) is 30.0 Å². The molecular weight excluding hydrogens is 668 g/mol. The fourth-order valence-electron chi connectivity index (χ4n) is 4.36. The predicted molar refractivity (Wildman–Crippen MR) is 166 cm³/mol. The van der Waals surface area contributed by atoms with Crippen molar-refractivity contribution in [2.45, 2.75) is 32.2 Å². The Morgan fingerprint density at radius 1 is 1.15 bits per heavy atom. The minimum absolute atomic E-state index is 0.0166. The van der Waals surface area contributed by atoms with Gasteiger partial charge >= 0.3 is 14.4 Å². The number of nitrogens with zero attached hydrogens (tertiary/aromatic N) is 5. The number of carbonyl (C=O) groups is 1. The van der Waals surface area contributed by atoms with Gasteiger partial charge in [0.05, 0.1) is 47.2 Å². The number of pyridine rings is 1. The first-order chi connectivity index (χ1) is 22.4. The molecule has 0 aliphatic heterocycles. The molecule has 0 bridgehead atoms. The molecule has 0 saturated heterocycles. The molecule has 4 rings (SSSR count). The average Bonchev–Trinajstić information content (AvgIpc) is 3.42. The Balaban J connectivity index is 1.55. The van der Waals surface area contributed by atoms with Crippen LogP contribution in [0.15, 0.2) is 42.7 Å². The van der Waals surface area contributed by atoms with Crippen molar-refractivity contribution >= 4 is 43.1 Å². The van der Waals surface area contributed by atoms with Gasteiger partial charge in [0.1, 0.15) is 17.5 Å². The van der Waals surface area contributed by atoms with Crippen molar-refractivity contribution in [2.75, 3.05) is 37.9 Å². The maximum atomic E-state index is 13.9. The van der Waals surface area contributed by atoms with E-state index in [9.17, 15) is 22.5 Å². The second kappa shape index (κ2) is 15.9. The number of methoxy groups -OCH3 is 1. The quantitative estimate of drug-likeness (QED) is 0.108. The summed E-state index contributed by atoms with van der Waals surface area (Å²) in [6, 6.07) is 7.78. The van der Waals surface area contributed by atoms with Crippen LogP contribution in [-0.2, 0) is 34.8 Å². The lowest BCUT2D eigenvalue weighted by Gasteiger charge is -2.16. The molecule has 0 fully saturated rings. The second-order valence-electron chi connectivity index (χ2n) is 9.72. The molecule has 3 heterocycles. The van der Waals surface area contributed by atoms with Gasteiger partial charge in [-0.15, -0.1) is 9.42 Å². The van der Waals surface area contributed by atoms with E-state index in [0.717, 1.165) is 0 Å². The van der Waals surface area contributed by atoms with Gasteiger partial charge in [0.15, 0.2) is 5.69 Å². The molecule has 0 saturated carbocycles. The molecule has 1 unspecified atom stereocenters. The molecule has 1 atom stereocenters. The standard InChI is InChI=1S/C28H29ClF3N8O6P/c1-33-26(42)24-22(7-6-19(37-24)17-13-36-40(25(17)29)10-3-11-41)34-9-8-20-18(28(30,31)32)14-35-27(38-20)39-21-5-4-16(12-23(21)45-2)15-46-47(43)44/h4-7,12-14,41H,3,8-11,15H2,1-2H3,(H3-,33,34,35,38,39,42,43,44)/p+1. The fraction of sp³-hybridized carbons (Fsp3) is 0.321. The van der Waals surface area contributed by atoms with Gasteiger partial charge in [0.2, 0.25) is 5.95 Å². The van der Waals surface area contributed by atoms with Crippen LogP contribution in [0.4, 0.5) is 30.5 Å². The number of hydrogen-bond acceptors (Lipinski definition) is 11. The number of nitrogens with one attached hydrogen (secondary N) is 3. The highest BCUT2D eigenvalue weighted by atomic mass is 35.5. The summed E-state index contributed by atoms with van der Waals surface area (Å²) in [6.07, 6.45) is -2.35. The summed E-state index contributed by atoms with van der Waals surface area (Å²) in [7, 11) is -0.0146. The number of aromatic nitrogens is 5. The van der Waals surface area contributed by atoms with Crippen LogP contribution in [0.5, 0.6) is 5.75 Å². The molecule has 19 heteroatoms. The van der Waals surface area contributed by atoms with Crippen LogP contribution in [0.25, 0.3) is 11.3 Å². The number of alkyl halides is 3. The van der Waals surface area contributed by atoms with Gasteiger partial charge in [-0.2, -0.15) is 18.3 Å². The third kappa shape index (κ3) is 9.11. The number of hydrogen-bond donors (Lipinski definition) is 5. The Morgan fingerprint density at radius 3 is 2.60 bits per heavy atom. The van der Waals surface area contributed by atoms with E-state index in [1.54, 1.807) is 18.2 Å². The summed E-state index contributed by atoms with van der Waals surface area (Å²) < 4.78 is 64.0. The zero-order valence-corrected chi connectivity index (χ0v) is 26.7. The van der Waals surface area contributed by atoms with Gasteiger partial charge in [-0.05, 0) is 36.2 Å². The van der Waals surface area contributed by atoms with Crippen LogP contribution in [0.1, 0.15) is 33.7 Å². The van der Waals surface area contributed by atoms with Gasteiger partial charge in [-0.25, -0.2) is 15.0 Å². The molecule has 0 aliphatic rings. The van der Waals surface area contributed by atoms with E-state index in [1.807, 2.05) is 0 Å². The summed E-state index contributed by atoms with van der Waals surface area (Å²) in [5, 5.41) is 21.9. The van der Waals surface area contributed by atoms with Crippen molar-refractivity contribution in [3.05, 3.63) is 70.4 Å². The van der Waals surface area contributed by atoms with Gasteiger partial charge in [-0.1, -0.05) is 17.7 Å². The number of aliphatic hydroxyl groups is 1. The van der Waals surface area contributed by atoms with Crippen molar-refractivity contribution in [2.24, 2.45) is 0 Å². The predicted octanol–water partition coefficient (Wildman–Crippen LogP) is 4.72. The lowest BCUT2D eigenvalue weighted by atomic mass is 10.1. The van der Waals surface area contributed by atoms with Crippen LogP contribution in [0, 0.1) is 0 Å². The summed E-state index contributed by atoms with van der Waals surface area (Å²) in [6.45, 7) is 0.109. The monoisotopic (exact) mass is 697 g/mol. The van der Waals surface area contributed by atoms with Crippen LogP contribution >= 0.6 is 19.9 Å². The number of rotatable bonds is 15. The topological polar surface area (TPSA) is 186 Å². The Bertz CT molecular complexity index is 1740. The summed E-state index contributed by atoms with van der Waals surface area (Å²) >= 11 is 6.44. The first-order valence-electron chi connectivity index (χ1n) is 13.9. The molecule has 1 amide bonds. The van der Waals surface area contributed by atoms with Crippen LogP contribution in [0.2, 0.25) is 5.15 Å². The van der Waals surface area contributed by atoms with E-state index in [2.05, 4.69) is 36.0 Å². The molecule has 0 aliphatic carbocycles. The zero-order chi connectivity index (χ0) is 34.1. The van der Waals surface area contributed by atoms with Gasteiger partial charge in [0.25, 0.3) is 5.91 Å². The maximum Gasteiger partial charge on any atom is 0.695 e. The van der Waals surface area contributed by atoms with Gasteiger partial charge in [0, 0.05) is 43.9 Å². The molecule has 4 aromatic rings. The van der Waals surface area contributed by atoms with Crippen LogP contribution in [0.3, 0.4) is 0 Å². The molecular formula is C28H30ClF3N8O6P+. The van der Waals surface area contributed by atoms with E-state index >= 15 is 0 Å². The van der Waals surface area contributed by atoms with E-state index in [-0.39, 0.29) is 60.1 Å². The Labute approximate surface area is 272 Å². The Hall–Kier alpha value is -4.41. The van der Waals surface area contributed by atoms with Crippen LogP contribution in [-0.4, -0.2) is 67.9 Å². The Morgan fingerprint density at radius 2 is 1.91 bits per heavy atom. The zero-order valence-electron chi connectivity index (χ0n) is 25.0. The lowest BCUT2D eigenvalue weighted by Crippen LogP contribution is -2.22. The molecule has 47 heavy (non-hydrogen) atoms. The second-order valence-corrected chi connectivity index (χ2v) is 10.8. The number of carbonyl (C=O) groups excluding carboxylic acids is 1. The van der Waals surface area contributed by atoms with Crippen molar-refractivity contribution in [3.63, 3.8) is 0 Å². The van der Waals surface area contributed by atoms with Crippen LogP contribution < -0.4 is 20.7 Å². The minimum Gasteiger partial charge on any atom is -0.495 e. The molecule has 14 nitrogen and oxygen atoms in total. The smallest absolute Gasteiger partial charge is 0.495 e. The lowest BCUT2D eigenvalue weighted by molar-refractivity contribution is -0.138. The number of aryl methyl sites for hydroxylation is 1. The molecule has 1 aromatic carbocycles. The number of benzene rings is 1. The van der Waals surface area contributed by atoms with Crippen molar-refractivity contribution in [1.29, 1.82) is 0 Å². The van der Waals surface area contributed by atoms with Gasteiger partial charge in [-0.3, -0.25) is 9.48 Å². The SMILES string of the molecule is CNC(=O)c1nc(-c2cnn(CCCO)c2Cl)ccc1NCCc1nc(Nc2ccc(CO[P+](=O)O)cc2OC)ncc1C(F)(F)F. The molecule has 0 spiro atoms. The first kappa shape index (κ1) is 35.4. The van der Waals surface area contributed by atoms with E-state index in [1.165, 1.54) is 37.2 Å². The highest BCUT2D eigenvalue weighted by molar-refractivity contribution is 7.32. The highest BCUT2D eigenvalue weighted by Gasteiger charge is 2.35. The number of amides is 1.